The fraction of sp³-hybridized carbons (Fsp3) is 0.604. The molecule has 5 rings (SSSR count). The van der Waals surface area contributed by atoms with Gasteiger partial charge >= 0.3 is 29.8 Å². The van der Waals surface area contributed by atoms with Crippen LogP contribution >= 0.6 is 0 Å². The molecule has 0 bridgehead atoms. The van der Waals surface area contributed by atoms with Crippen LogP contribution in [0, 0.1) is 0 Å². The maximum atomic E-state index is 14.5. The minimum absolute atomic E-state index is 0.0774. The number of carboxylic acid groups (broad SMARTS) is 5. The summed E-state index contributed by atoms with van der Waals surface area (Å²) < 4.78 is 0. The highest BCUT2D eigenvalue weighted by atomic mass is 16.4. The Morgan fingerprint density at radius 2 is 0.895 bits per heavy atom. The van der Waals surface area contributed by atoms with Gasteiger partial charge < -0.3 is 77.2 Å². The van der Waals surface area contributed by atoms with Gasteiger partial charge in [0.2, 0.25) is 41.4 Å². The van der Waals surface area contributed by atoms with Gasteiger partial charge in [0.1, 0.15) is 54.1 Å². The third kappa shape index (κ3) is 15.8. The minimum atomic E-state index is -1.95. The Bertz CT molecular complexity index is 2400. The van der Waals surface area contributed by atoms with E-state index in [9.17, 15) is 82.8 Å². The molecule has 0 radical (unpaired) electrons. The lowest BCUT2D eigenvalue weighted by Gasteiger charge is -2.36. The minimum Gasteiger partial charge on any atom is -0.508 e. The highest BCUT2D eigenvalue weighted by molar-refractivity contribution is 5.99. The smallest absolute Gasteiger partial charge is 0.326 e. The predicted octanol–water partition coefficient (Wildman–Crippen LogP) is -3.40. The Balaban J connectivity index is 1.30. The van der Waals surface area contributed by atoms with Gasteiger partial charge in [-0.15, -0.1) is 0 Å². The van der Waals surface area contributed by atoms with E-state index in [0.29, 0.717) is 31.2 Å². The second-order valence-electron chi connectivity index (χ2n) is 19.3. The predicted molar refractivity (Wildman–Crippen MR) is 256 cm³/mol. The second-order valence-corrected chi connectivity index (χ2v) is 19.3. The van der Waals surface area contributed by atoms with Gasteiger partial charge in [-0.2, -0.15) is 0 Å². The van der Waals surface area contributed by atoms with Gasteiger partial charge in [0.15, 0.2) is 6.04 Å². The van der Waals surface area contributed by atoms with Crippen molar-refractivity contribution in [2.75, 3.05) is 26.2 Å². The van der Waals surface area contributed by atoms with Crippen LogP contribution in [0.2, 0.25) is 0 Å². The van der Waals surface area contributed by atoms with Crippen molar-refractivity contribution in [2.45, 2.75) is 157 Å². The summed E-state index contributed by atoms with van der Waals surface area (Å²) in [6.45, 7) is 0.428. The van der Waals surface area contributed by atoms with E-state index in [4.69, 9.17) is 10.2 Å². The quantitative estimate of drug-likeness (QED) is 0.0431. The van der Waals surface area contributed by atoms with Crippen molar-refractivity contribution in [2.24, 2.45) is 0 Å². The summed E-state index contributed by atoms with van der Waals surface area (Å²) in [6.07, 6.45) is -1.72. The number of amides is 8. The van der Waals surface area contributed by atoms with Gasteiger partial charge in [-0.05, 0) is 81.9 Å². The number of quaternary nitrogens is 1. The van der Waals surface area contributed by atoms with E-state index in [0.717, 1.165) is 0 Å². The first kappa shape index (κ1) is 59.0. The molecule has 0 aromatic heterocycles. The summed E-state index contributed by atoms with van der Waals surface area (Å²) >= 11 is 0. The molecule has 0 aliphatic carbocycles. The number of carbonyl (C=O) groups is 13. The zero-order valence-corrected chi connectivity index (χ0v) is 41.6. The van der Waals surface area contributed by atoms with E-state index in [-0.39, 0.29) is 83.3 Å². The molecule has 4 aliphatic heterocycles. The molecule has 76 heavy (non-hydrogen) atoms. The van der Waals surface area contributed by atoms with Crippen LogP contribution in [0.4, 0.5) is 0 Å². The molecule has 1 aromatic carbocycles. The summed E-state index contributed by atoms with van der Waals surface area (Å²) in [5, 5.41) is 65.8. The zero-order valence-electron chi connectivity index (χ0n) is 41.6. The highest BCUT2D eigenvalue weighted by Gasteiger charge is 2.48. The van der Waals surface area contributed by atoms with Gasteiger partial charge in [-0.25, -0.2) is 4.79 Å². The van der Waals surface area contributed by atoms with Crippen molar-refractivity contribution in [3.05, 3.63) is 29.8 Å². The zero-order chi connectivity index (χ0) is 56.0. The molecule has 0 unspecified atom stereocenters. The first-order chi connectivity index (χ1) is 36.0. The van der Waals surface area contributed by atoms with Gasteiger partial charge in [0.25, 0.3) is 5.91 Å². The molecule has 4 heterocycles. The van der Waals surface area contributed by atoms with Crippen LogP contribution in [-0.4, -0.2) is 208 Å². The Morgan fingerprint density at radius 1 is 0.487 bits per heavy atom. The topological polar surface area (TPSA) is 432 Å². The third-order valence-electron chi connectivity index (χ3n) is 13.9. The fourth-order valence-corrected chi connectivity index (χ4v) is 9.98. The summed E-state index contributed by atoms with van der Waals surface area (Å²) in [5.74, 6) is -13.5. The van der Waals surface area contributed by atoms with Crippen molar-refractivity contribution >= 4 is 77.1 Å². The number of carbonyl (C=O) groups excluding carboxylic acids is 8. The number of rotatable bonds is 26. The molecule has 4 fully saturated rings. The maximum Gasteiger partial charge on any atom is 0.326 e. The van der Waals surface area contributed by atoms with E-state index >= 15 is 0 Å². The van der Waals surface area contributed by atoms with Crippen molar-refractivity contribution in [1.82, 2.24) is 40.9 Å². The molecule has 1 aromatic rings. The molecule has 28 heteroatoms. The molecule has 13 N–H and O–H groups in total. The Kier molecular flexibility index (Phi) is 21.0. The number of nitrogens with zero attached hydrogens (tertiary/aromatic N) is 4. The molecule has 9 atom stereocenters. The number of aliphatic carboxylic acids is 5. The normalized spacial score (nSPS) is 21.1. The van der Waals surface area contributed by atoms with Crippen molar-refractivity contribution in [3.63, 3.8) is 0 Å². The van der Waals surface area contributed by atoms with E-state index < -0.39 is 157 Å². The molecule has 0 spiro atoms. The average molecular weight is 1070 g/mol. The third-order valence-corrected chi connectivity index (χ3v) is 13.9. The maximum absolute atomic E-state index is 14.5. The summed E-state index contributed by atoms with van der Waals surface area (Å²) in [7, 11) is 0. The lowest BCUT2D eigenvalue weighted by molar-refractivity contribution is -0.405. The van der Waals surface area contributed by atoms with Crippen LogP contribution in [0.1, 0.15) is 102 Å². The number of hydrogen-bond donors (Lipinski definition) is 11. The second kappa shape index (κ2) is 27.0. The Labute approximate surface area is 434 Å². The molecular weight excluding hydrogens is 1010 g/mol. The van der Waals surface area contributed by atoms with Crippen LogP contribution in [-0.2, 0) is 68.7 Å². The monoisotopic (exact) mass is 1070 g/mol. The first-order valence-electron chi connectivity index (χ1n) is 25.1. The standard InChI is InChI=1S/C48H65N9O19/c49-27(13-16-36(59)60)40(67)51-29(15-18-38(63)64)44(71)55-20-2-6-33(55)46(73)57-22-4-8-35(57)47(74)56-21-3-7-34(56)45(72)54-19-1-5-32(54)43(70)52-30(23-25-9-11-26(58)12-10-25)42(69)50-28(14-17-37(61)62)41(68)53-31(48(75)76)24-39(65)66/h9-12,27-35,58H,1-8,13-24,49H2,(H,50,69)(H,51,67)(H,52,70)(H,53,68)(H,59,60)(H,61,62)(H,63,64)(H,65,66)(H,75,76)/p+1/t27-,28-,29-,30-,31-,32-,33-,34-,35-/m0/s1. The van der Waals surface area contributed by atoms with Crippen LogP contribution < -0.4 is 27.0 Å². The molecule has 0 saturated carbocycles. The lowest BCUT2D eigenvalue weighted by Crippen LogP contribution is -2.69. The van der Waals surface area contributed by atoms with E-state index in [1.165, 1.54) is 43.9 Å². The van der Waals surface area contributed by atoms with Gasteiger partial charge in [0.05, 0.1) is 12.8 Å². The molecule has 416 valence electrons. The van der Waals surface area contributed by atoms with Crippen molar-refractivity contribution in [3.8, 4) is 5.75 Å². The van der Waals surface area contributed by atoms with E-state index in [1.54, 1.807) is 0 Å². The summed E-state index contributed by atoms with van der Waals surface area (Å²) in [5.41, 5.74) is 4.06. The number of aromatic hydroxyl groups is 1. The van der Waals surface area contributed by atoms with Crippen LogP contribution in [0.25, 0.3) is 0 Å². The SMILES string of the molecule is [NH3+][C@@H](CCC(=O)O)C(=O)N[C@@H](CCC(=O)O)C(=O)N1CCC[C@H]1C(=O)N1CCC[C@H]1C(=O)N1CCC[C@H]1C(=O)N1CCC[C@H]1C(=O)N[C@@H](Cc1ccc(O)cc1)C(=O)N[C@@H](CCC(=O)O)C(=O)N[C@@H](CC(=O)O)C(=O)O. The van der Waals surface area contributed by atoms with Gasteiger partial charge in [-0.3, -0.25) is 57.5 Å². The number of hydrogen-bond acceptors (Lipinski definition) is 14. The number of phenolic OH excluding ortho intramolecular Hbond substituents is 1. The van der Waals surface area contributed by atoms with Crippen molar-refractivity contribution < 1.29 is 98.7 Å². The highest BCUT2D eigenvalue weighted by Crippen LogP contribution is 2.31. The number of likely N-dealkylation sites (tertiary alicyclic amines) is 4. The van der Waals surface area contributed by atoms with Gasteiger partial charge in [-0.1, -0.05) is 12.1 Å². The van der Waals surface area contributed by atoms with E-state index in [1.807, 2.05) is 5.32 Å². The molecule has 28 nitrogen and oxygen atoms in total. The Hall–Kier alpha value is -7.91. The molecule has 4 aliphatic rings. The number of benzene rings is 1. The molecular formula is C48H66N9O19+. The average Bonchev–Trinajstić information content (AvgIpc) is 4.23. The molecule has 8 amide bonds. The molecule has 4 saturated heterocycles. The number of carboxylic acids is 5. The lowest BCUT2D eigenvalue weighted by atomic mass is 10.0. The number of nitrogens with one attached hydrogen (secondary N) is 4. The van der Waals surface area contributed by atoms with E-state index in [2.05, 4.69) is 21.7 Å². The van der Waals surface area contributed by atoms with Crippen molar-refractivity contribution in [1.29, 1.82) is 0 Å². The summed E-state index contributed by atoms with van der Waals surface area (Å²) in [4.78, 5) is 174. The summed E-state index contributed by atoms with van der Waals surface area (Å²) in [6, 6.07) is -6.52. The fourth-order valence-electron chi connectivity index (χ4n) is 9.98. The van der Waals surface area contributed by atoms with Gasteiger partial charge in [0, 0.05) is 51.9 Å². The largest absolute Gasteiger partial charge is 0.508 e. The number of phenols is 1. The van der Waals surface area contributed by atoms with Crippen LogP contribution in [0.5, 0.6) is 5.75 Å². The first-order valence-corrected chi connectivity index (χ1v) is 25.1. The van der Waals surface area contributed by atoms with Crippen LogP contribution in [0.15, 0.2) is 24.3 Å². The van der Waals surface area contributed by atoms with Crippen LogP contribution in [0.3, 0.4) is 0 Å². The Morgan fingerprint density at radius 3 is 1.38 bits per heavy atom.